The summed E-state index contributed by atoms with van der Waals surface area (Å²) in [5.41, 5.74) is 0.977. The monoisotopic (exact) mass is 313 g/mol. The summed E-state index contributed by atoms with van der Waals surface area (Å²) in [4.78, 5) is 23.9. The first-order valence-electron chi connectivity index (χ1n) is 7.01. The summed E-state index contributed by atoms with van der Waals surface area (Å²) in [6.07, 6.45) is 1.03. The van der Waals surface area contributed by atoms with Crippen molar-refractivity contribution in [1.29, 1.82) is 0 Å². The van der Waals surface area contributed by atoms with Gasteiger partial charge in [-0.25, -0.2) is 8.78 Å². The van der Waals surface area contributed by atoms with Gasteiger partial charge in [-0.2, -0.15) is 0 Å². The molecular weight excluding hydrogens is 292 g/mol. The molecular formula is C16H21F2NO3. The molecule has 0 heterocycles. The van der Waals surface area contributed by atoms with Crippen LogP contribution in [0.2, 0.25) is 0 Å². The third-order valence-corrected chi connectivity index (χ3v) is 3.58. The molecule has 0 fully saturated rings. The van der Waals surface area contributed by atoms with Crippen molar-refractivity contribution < 1.29 is 23.1 Å². The van der Waals surface area contributed by atoms with Crippen LogP contribution < -0.4 is 0 Å². The number of aryl methyl sites for hydroxylation is 1. The van der Waals surface area contributed by atoms with E-state index in [0.29, 0.717) is 24.0 Å². The SMILES string of the molecule is CCC(c1ccc(C)c(C(C)(F)F)c1)N(C=O)CC(=O)OC. The van der Waals surface area contributed by atoms with Crippen LogP contribution in [0, 0.1) is 6.92 Å². The second kappa shape index (κ2) is 7.33. The van der Waals surface area contributed by atoms with Gasteiger partial charge in [0.2, 0.25) is 6.41 Å². The van der Waals surface area contributed by atoms with E-state index in [9.17, 15) is 18.4 Å². The Hall–Kier alpha value is -1.98. The first kappa shape index (κ1) is 18.1. The highest BCUT2D eigenvalue weighted by Crippen LogP contribution is 2.33. The second-order valence-corrected chi connectivity index (χ2v) is 5.24. The molecule has 4 nitrogen and oxygen atoms in total. The average molecular weight is 313 g/mol. The Morgan fingerprint density at radius 1 is 1.45 bits per heavy atom. The van der Waals surface area contributed by atoms with Gasteiger partial charge < -0.3 is 9.64 Å². The number of benzene rings is 1. The van der Waals surface area contributed by atoms with Crippen LogP contribution in [0.4, 0.5) is 8.78 Å². The third-order valence-electron chi connectivity index (χ3n) is 3.58. The minimum Gasteiger partial charge on any atom is -0.468 e. The van der Waals surface area contributed by atoms with Crippen molar-refractivity contribution in [3.8, 4) is 0 Å². The molecule has 0 spiro atoms. The lowest BCUT2D eigenvalue weighted by Gasteiger charge is -2.28. The number of rotatable bonds is 7. The lowest BCUT2D eigenvalue weighted by Crippen LogP contribution is -2.33. The summed E-state index contributed by atoms with van der Waals surface area (Å²) in [5, 5.41) is 0. The number of carbonyl (C=O) groups is 2. The molecule has 1 atom stereocenters. The molecule has 0 radical (unpaired) electrons. The average Bonchev–Trinajstić information content (AvgIpc) is 2.46. The van der Waals surface area contributed by atoms with E-state index in [-0.39, 0.29) is 12.1 Å². The largest absolute Gasteiger partial charge is 0.468 e. The lowest BCUT2D eigenvalue weighted by molar-refractivity contribution is -0.145. The molecule has 0 bridgehead atoms. The van der Waals surface area contributed by atoms with E-state index in [0.717, 1.165) is 6.92 Å². The molecule has 0 aliphatic heterocycles. The van der Waals surface area contributed by atoms with Crippen LogP contribution in [-0.4, -0.2) is 30.9 Å². The molecule has 6 heteroatoms. The van der Waals surface area contributed by atoms with Crippen molar-refractivity contribution in [1.82, 2.24) is 4.90 Å². The second-order valence-electron chi connectivity index (χ2n) is 5.24. The third kappa shape index (κ3) is 4.26. The molecule has 1 unspecified atom stereocenters. The zero-order valence-corrected chi connectivity index (χ0v) is 13.2. The number of hydrogen-bond donors (Lipinski definition) is 0. The molecule has 1 aromatic rings. The van der Waals surface area contributed by atoms with Crippen molar-refractivity contribution in [2.45, 2.75) is 39.2 Å². The van der Waals surface area contributed by atoms with E-state index in [1.54, 1.807) is 19.1 Å². The van der Waals surface area contributed by atoms with Crippen LogP contribution in [0.25, 0.3) is 0 Å². The van der Waals surface area contributed by atoms with Gasteiger partial charge in [0.15, 0.2) is 0 Å². The van der Waals surface area contributed by atoms with E-state index in [1.807, 2.05) is 6.92 Å². The van der Waals surface area contributed by atoms with E-state index in [1.165, 1.54) is 18.1 Å². The van der Waals surface area contributed by atoms with Crippen molar-refractivity contribution >= 4 is 12.4 Å². The number of esters is 1. The van der Waals surface area contributed by atoms with Crippen molar-refractivity contribution in [3.63, 3.8) is 0 Å². The van der Waals surface area contributed by atoms with E-state index in [2.05, 4.69) is 4.74 Å². The summed E-state index contributed by atoms with van der Waals surface area (Å²) in [6.45, 7) is 4.06. The molecule has 0 saturated carbocycles. The summed E-state index contributed by atoms with van der Waals surface area (Å²) >= 11 is 0. The number of halogens is 2. The Balaban J connectivity index is 3.19. The first-order valence-corrected chi connectivity index (χ1v) is 7.01. The van der Waals surface area contributed by atoms with Gasteiger partial charge in [0.1, 0.15) is 6.54 Å². The topological polar surface area (TPSA) is 46.6 Å². The lowest BCUT2D eigenvalue weighted by atomic mass is 9.95. The van der Waals surface area contributed by atoms with Crippen molar-refractivity contribution in [3.05, 3.63) is 34.9 Å². The smallest absolute Gasteiger partial charge is 0.325 e. The van der Waals surface area contributed by atoms with Crippen molar-refractivity contribution in [2.24, 2.45) is 0 Å². The van der Waals surface area contributed by atoms with Crippen LogP contribution in [-0.2, 0) is 20.2 Å². The van der Waals surface area contributed by atoms with Gasteiger partial charge >= 0.3 is 5.97 Å². The number of amides is 1. The summed E-state index contributed by atoms with van der Waals surface area (Å²) in [7, 11) is 1.23. The molecule has 0 aliphatic rings. The van der Waals surface area contributed by atoms with Crippen LogP contribution in [0.3, 0.4) is 0 Å². The number of ether oxygens (including phenoxy) is 1. The predicted molar refractivity (Wildman–Crippen MR) is 78.6 cm³/mol. The fourth-order valence-corrected chi connectivity index (χ4v) is 2.42. The summed E-state index contributed by atoms with van der Waals surface area (Å²) in [6, 6.07) is 4.24. The number of methoxy groups -OCH3 is 1. The Labute approximate surface area is 129 Å². The minimum atomic E-state index is -2.97. The van der Waals surface area contributed by atoms with E-state index < -0.39 is 17.9 Å². The van der Waals surface area contributed by atoms with Gasteiger partial charge in [-0.3, -0.25) is 9.59 Å². The molecule has 1 rings (SSSR count). The molecule has 1 amide bonds. The van der Waals surface area contributed by atoms with E-state index in [4.69, 9.17) is 0 Å². The number of carbonyl (C=O) groups excluding carboxylic acids is 2. The van der Waals surface area contributed by atoms with Crippen LogP contribution in [0.5, 0.6) is 0 Å². The number of nitrogens with zero attached hydrogens (tertiary/aromatic N) is 1. The summed E-state index contributed by atoms with van der Waals surface area (Å²) in [5.74, 6) is -3.52. The fraction of sp³-hybridized carbons (Fsp3) is 0.500. The van der Waals surface area contributed by atoms with Gasteiger partial charge in [-0.05, 0) is 30.5 Å². The highest BCUT2D eigenvalue weighted by molar-refractivity contribution is 5.74. The zero-order chi connectivity index (χ0) is 16.9. The van der Waals surface area contributed by atoms with Crippen LogP contribution in [0.1, 0.15) is 43.0 Å². The van der Waals surface area contributed by atoms with Crippen LogP contribution >= 0.6 is 0 Å². The fourth-order valence-electron chi connectivity index (χ4n) is 2.42. The molecule has 0 saturated heterocycles. The minimum absolute atomic E-state index is 0.0765. The quantitative estimate of drug-likeness (QED) is 0.574. The molecule has 0 aromatic heterocycles. The maximum Gasteiger partial charge on any atom is 0.325 e. The molecule has 22 heavy (non-hydrogen) atoms. The Morgan fingerprint density at radius 3 is 2.55 bits per heavy atom. The van der Waals surface area contributed by atoms with Gasteiger partial charge in [-0.15, -0.1) is 0 Å². The Bertz CT molecular complexity index is 541. The molecule has 1 aromatic carbocycles. The zero-order valence-electron chi connectivity index (χ0n) is 13.2. The first-order chi connectivity index (χ1) is 10.2. The van der Waals surface area contributed by atoms with Crippen molar-refractivity contribution in [2.75, 3.05) is 13.7 Å². The molecule has 122 valence electrons. The van der Waals surface area contributed by atoms with E-state index >= 15 is 0 Å². The normalized spacial score (nSPS) is 12.6. The molecule has 0 aliphatic carbocycles. The predicted octanol–water partition coefficient (Wildman–Crippen LogP) is 3.19. The van der Waals surface area contributed by atoms with Gasteiger partial charge in [0, 0.05) is 12.5 Å². The maximum absolute atomic E-state index is 13.7. The van der Waals surface area contributed by atoms with Crippen LogP contribution in [0.15, 0.2) is 18.2 Å². The number of hydrogen-bond acceptors (Lipinski definition) is 3. The highest BCUT2D eigenvalue weighted by Gasteiger charge is 2.28. The highest BCUT2D eigenvalue weighted by atomic mass is 19.3. The summed E-state index contributed by atoms with van der Waals surface area (Å²) < 4.78 is 31.9. The Morgan fingerprint density at radius 2 is 2.09 bits per heavy atom. The molecule has 0 N–H and O–H groups in total. The number of alkyl halides is 2. The Kier molecular flexibility index (Phi) is 6.02. The van der Waals surface area contributed by atoms with Gasteiger partial charge in [0.05, 0.1) is 13.2 Å². The standard InChI is InChI=1S/C16H21F2NO3/c1-5-14(19(10-20)9-15(21)22-4)12-7-6-11(2)13(8-12)16(3,17)18/h6-8,10,14H,5,9H2,1-4H3. The van der Waals surface area contributed by atoms with Gasteiger partial charge in [0.25, 0.3) is 5.92 Å². The maximum atomic E-state index is 13.7. The van der Waals surface area contributed by atoms with Gasteiger partial charge in [-0.1, -0.05) is 19.1 Å².